The van der Waals surface area contributed by atoms with Crippen molar-refractivity contribution in [1.29, 1.82) is 0 Å². The normalized spacial score (nSPS) is 11.1. The molecule has 25 heavy (non-hydrogen) atoms. The second kappa shape index (κ2) is 13.1. The van der Waals surface area contributed by atoms with Crippen LogP contribution in [0.15, 0.2) is 29.3 Å². The highest BCUT2D eigenvalue weighted by atomic mass is 16.5. The Hall–Kier alpha value is -2.24. The first kappa shape index (κ1) is 20.8. The Morgan fingerprint density at radius 3 is 2.36 bits per heavy atom. The minimum Gasteiger partial charge on any atom is -0.497 e. The predicted molar refractivity (Wildman–Crippen MR) is 103 cm³/mol. The van der Waals surface area contributed by atoms with Crippen LogP contribution in [0.3, 0.4) is 0 Å². The van der Waals surface area contributed by atoms with Gasteiger partial charge in [0.15, 0.2) is 5.96 Å². The van der Waals surface area contributed by atoms with Gasteiger partial charge in [0.2, 0.25) is 0 Å². The van der Waals surface area contributed by atoms with Gasteiger partial charge in [0.25, 0.3) is 5.91 Å². The summed E-state index contributed by atoms with van der Waals surface area (Å²) in [5.74, 6) is 1.45. The van der Waals surface area contributed by atoms with Gasteiger partial charge in [0.1, 0.15) is 5.75 Å². The largest absolute Gasteiger partial charge is 0.497 e. The molecule has 0 unspecified atom stereocenters. The topological polar surface area (TPSA) is 74.8 Å². The highest BCUT2D eigenvalue weighted by molar-refractivity contribution is 5.94. The van der Waals surface area contributed by atoms with Crippen molar-refractivity contribution < 1.29 is 9.53 Å². The van der Waals surface area contributed by atoms with E-state index in [1.807, 2.05) is 6.92 Å². The van der Waals surface area contributed by atoms with Crippen LogP contribution in [-0.4, -0.2) is 45.2 Å². The van der Waals surface area contributed by atoms with E-state index in [0.717, 1.165) is 31.2 Å². The lowest BCUT2D eigenvalue weighted by Gasteiger charge is -2.12. The summed E-state index contributed by atoms with van der Waals surface area (Å²) in [7, 11) is 1.61. The molecule has 0 bridgehead atoms. The summed E-state index contributed by atoms with van der Waals surface area (Å²) in [4.78, 5) is 16.6. The molecular formula is C19H32N4O2. The first-order valence-corrected chi connectivity index (χ1v) is 9.15. The molecule has 0 saturated carbocycles. The molecule has 3 N–H and O–H groups in total. The van der Waals surface area contributed by atoms with Crippen LogP contribution in [0.4, 0.5) is 0 Å². The number of amides is 1. The maximum atomic E-state index is 12.1. The Labute approximate surface area is 151 Å². The van der Waals surface area contributed by atoms with Gasteiger partial charge in [-0.25, -0.2) is 0 Å². The average Bonchev–Trinajstić information content (AvgIpc) is 2.64. The number of aliphatic imine (C=N–C) groups is 1. The van der Waals surface area contributed by atoms with Crippen molar-refractivity contribution in [3.05, 3.63) is 29.8 Å². The summed E-state index contributed by atoms with van der Waals surface area (Å²) in [5.41, 5.74) is 0.622. The number of carbonyl (C=O) groups is 1. The van der Waals surface area contributed by atoms with Gasteiger partial charge < -0.3 is 20.7 Å². The van der Waals surface area contributed by atoms with Gasteiger partial charge in [-0.15, -0.1) is 0 Å². The van der Waals surface area contributed by atoms with Crippen molar-refractivity contribution >= 4 is 11.9 Å². The van der Waals surface area contributed by atoms with Crippen LogP contribution >= 0.6 is 0 Å². The van der Waals surface area contributed by atoms with Crippen LogP contribution in [-0.2, 0) is 0 Å². The Bertz CT molecular complexity index is 515. The van der Waals surface area contributed by atoms with Gasteiger partial charge in [-0.05, 0) is 37.6 Å². The number of ether oxygens (including phenoxy) is 1. The smallest absolute Gasteiger partial charge is 0.251 e. The molecule has 0 fully saturated rings. The van der Waals surface area contributed by atoms with Gasteiger partial charge in [0, 0.05) is 31.7 Å². The molecule has 1 amide bonds. The third-order valence-electron chi connectivity index (χ3n) is 3.68. The van der Waals surface area contributed by atoms with Gasteiger partial charge in [-0.2, -0.15) is 0 Å². The van der Waals surface area contributed by atoms with Gasteiger partial charge in [-0.1, -0.05) is 26.2 Å². The zero-order valence-electron chi connectivity index (χ0n) is 15.7. The van der Waals surface area contributed by atoms with E-state index in [-0.39, 0.29) is 5.91 Å². The lowest BCUT2D eigenvalue weighted by Crippen LogP contribution is -2.41. The third kappa shape index (κ3) is 8.98. The van der Waals surface area contributed by atoms with Crippen molar-refractivity contribution in [3.63, 3.8) is 0 Å². The maximum Gasteiger partial charge on any atom is 0.251 e. The van der Waals surface area contributed by atoms with Crippen LogP contribution in [0.1, 0.15) is 49.9 Å². The second-order valence-corrected chi connectivity index (χ2v) is 5.73. The van der Waals surface area contributed by atoms with Gasteiger partial charge in [0.05, 0.1) is 7.11 Å². The van der Waals surface area contributed by atoms with E-state index in [9.17, 15) is 4.79 Å². The predicted octanol–water partition coefficient (Wildman–Crippen LogP) is 2.56. The molecule has 0 heterocycles. The van der Waals surface area contributed by atoms with Crippen LogP contribution in [0, 0.1) is 0 Å². The van der Waals surface area contributed by atoms with Crippen LogP contribution in [0.2, 0.25) is 0 Å². The third-order valence-corrected chi connectivity index (χ3v) is 3.68. The first-order valence-electron chi connectivity index (χ1n) is 9.15. The molecule has 1 aromatic carbocycles. The van der Waals surface area contributed by atoms with E-state index in [1.165, 1.54) is 19.3 Å². The van der Waals surface area contributed by atoms with Crippen molar-refractivity contribution in [2.45, 2.75) is 39.5 Å². The van der Waals surface area contributed by atoms with E-state index < -0.39 is 0 Å². The van der Waals surface area contributed by atoms with E-state index in [1.54, 1.807) is 31.4 Å². The molecule has 1 rings (SSSR count). The quantitative estimate of drug-likeness (QED) is 0.326. The fourth-order valence-corrected chi connectivity index (χ4v) is 2.27. The zero-order valence-corrected chi connectivity index (χ0v) is 15.7. The molecule has 6 heteroatoms. The Morgan fingerprint density at radius 1 is 1.00 bits per heavy atom. The monoisotopic (exact) mass is 348 g/mol. The molecule has 0 aliphatic heterocycles. The molecule has 0 aliphatic rings. The summed E-state index contributed by atoms with van der Waals surface area (Å²) in [6.07, 6.45) is 4.82. The molecule has 140 valence electrons. The molecular weight excluding hydrogens is 316 g/mol. The van der Waals surface area contributed by atoms with Crippen LogP contribution in [0.25, 0.3) is 0 Å². The number of nitrogens with zero attached hydrogens (tertiary/aromatic N) is 1. The van der Waals surface area contributed by atoms with Crippen molar-refractivity contribution in [2.75, 3.05) is 33.3 Å². The Kier molecular flexibility index (Phi) is 10.9. The number of hydrogen-bond donors (Lipinski definition) is 3. The maximum absolute atomic E-state index is 12.1. The summed E-state index contributed by atoms with van der Waals surface area (Å²) >= 11 is 0. The minimum atomic E-state index is -0.0917. The number of unbranched alkanes of at least 4 members (excludes halogenated alkanes) is 3. The molecule has 6 nitrogen and oxygen atoms in total. The molecule has 0 aromatic heterocycles. The highest BCUT2D eigenvalue weighted by Crippen LogP contribution is 2.10. The van der Waals surface area contributed by atoms with E-state index >= 15 is 0 Å². The number of guanidine groups is 1. The minimum absolute atomic E-state index is 0.0917. The summed E-state index contributed by atoms with van der Waals surface area (Å²) in [6, 6.07) is 7.07. The molecule has 0 aliphatic carbocycles. The van der Waals surface area contributed by atoms with Crippen molar-refractivity contribution in [3.8, 4) is 5.75 Å². The summed E-state index contributed by atoms with van der Waals surface area (Å²) < 4.78 is 5.09. The van der Waals surface area contributed by atoms with Crippen LogP contribution < -0.4 is 20.7 Å². The average molecular weight is 348 g/mol. The lowest BCUT2D eigenvalue weighted by molar-refractivity contribution is 0.0954. The van der Waals surface area contributed by atoms with E-state index in [2.05, 4.69) is 27.9 Å². The van der Waals surface area contributed by atoms with E-state index in [4.69, 9.17) is 4.74 Å². The molecule has 0 spiro atoms. The molecule has 0 atom stereocenters. The lowest BCUT2D eigenvalue weighted by atomic mass is 10.2. The van der Waals surface area contributed by atoms with E-state index in [0.29, 0.717) is 18.7 Å². The SMILES string of the molecule is CCCCCCN=C(NCC)NCCNC(=O)c1ccc(OC)cc1. The van der Waals surface area contributed by atoms with Gasteiger partial charge in [-0.3, -0.25) is 9.79 Å². The molecule has 1 aromatic rings. The number of benzene rings is 1. The molecule has 0 radical (unpaired) electrons. The highest BCUT2D eigenvalue weighted by Gasteiger charge is 2.05. The number of carbonyl (C=O) groups excluding carboxylic acids is 1. The molecule has 0 saturated heterocycles. The van der Waals surface area contributed by atoms with Crippen molar-refractivity contribution in [1.82, 2.24) is 16.0 Å². The number of methoxy groups -OCH3 is 1. The van der Waals surface area contributed by atoms with Crippen LogP contribution in [0.5, 0.6) is 5.75 Å². The fourth-order valence-electron chi connectivity index (χ4n) is 2.27. The zero-order chi connectivity index (χ0) is 18.3. The first-order chi connectivity index (χ1) is 12.2. The fraction of sp³-hybridized carbons (Fsp3) is 0.579. The number of hydrogen-bond acceptors (Lipinski definition) is 3. The Balaban J connectivity index is 2.29. The summed E-state index contributed by atoms with van der Waals surface area (Å²) in [5, 5.41) is 9.35. The van der Waals surface area contributed by atoms with Crippen molar-refractivity contribution in [2.24, 2.45) is 4.99 Å². The second-order valence-electron chi connectivity index (χ2n) is 5.73. The number of rotatable bonds is 11. The van der Waals surface area contributed by atoms with Gasteiger partial charge >= 0.3 is 0 Å². The summed E-state index contributed by atoms with van der Waals surface area (Å²) in [6.45, 7) is 7.05. The number of nitrogens with one attached hydrogen (secondary N) is 3. The standard InChI is InChI=1S/C19H32N4O2/c1-4-6-7-8-13-22-19(20-5-2)23-15-14-21-18(24)16-9-11-17(25-3)12-10-16/h9-12H,4-8,13-15H2,1-3H3,(H,21,24)(H2,20,22,23). The Morgan fingerprint density at radius 2 is 1.72 bits per heavy atom.